The molecule has 0 aliphatic carbocycles. The first kappa shape index (κ1) is 16.8. The quantitative estimate of drug-likeness (QED) is 0.847. The lowest BCUT2D eigenvalue weighted by molar-refractivity contribution is 0.207. The molecule has 1 saturated heterocycles. The number of aromatic nitrogens is 1. The van der Waals surface area contributed by atoms with Gasteiger partial charge in [-0.3, -0.25) is 0 Å². The van der Waals surface area contributed by atoms with Gasteiger partial charge in [-0.15, -0.1) is 0 Å². The summed E-state index contributed by atoms with van der Waals surface area (Å²) in [5.41, 5.74) is 0.986. The molecule has 1 aromatic heterocycles. The van der Waals surface area contributed by atoms with Crippen molar-refractivity contribution in [2.75, 3.05) is 13.1 Å². The second-order valence-corrected chi connectivity index (χ2v) is 7.55. The van der Waals surface area contributed by atoms with E-state index in [-0.39, 0.29) is 19.2 Å². The average molecular weight is 354 g/mol. The van der Waals surface area contributed by atoms with Crippen LogP contribution in [0, 0.1) is 18.6 Å². The maximum Gasteiger partial charge on any atom is 0.246 e. The SMILES string of the molecule is Cc1ccc(OC2CCN(S(=O)(=O)c3cc(F)ccc3F)C2)nc1. The zero-order valence-electron chi connectivity index (χ0n) is 12.9. The van der Waals surface area contributed by atoms with E-state index in [1.165, 1.54) is 0 Å². The summed E-state index contributed by atoms with van der Waals surface area (Å²) in [6, 6.07) is 5.93. The third-order valence-electron chi connectivity index (χ3n) is 3.79. The van der Waals surface area contributed by atoms with Crippen molar-refractivity contribution in [2.45, 2.75) is 24.3 Å². The van der Waals surface area contributed by atoms with Gasteiger partial charge in [-0.25, -0.2) is 22.2 Å². The molecule has 128 valence electrons. The number of halogens is 2. The van der Waals surface area contributed by atoms with Crippen LogP contribution in [0.2, 0.25) is 0 Å². The number of nitrogens with zero attached hydrogens (tertiary/aromatic N) is 2. The van der Waals surface area contributed by atoms with Crippen LogP contribution < -0.4 is 4.74 Å². The van der Waals surface area contributed by atoms with Crippen molar-refractivity contribution >= 4 is 10.0 Å². The lowest BCUT2D eigenvalue weighted by Gasteiger charge is -2.17. The van der Waals surface area contributed by atoms with Crippen LogP contribution in [-0.4, -0.2) is 36.9 Å². The first-order valence-electron chi connectivity index (χ1n) is 7.41. The van der Waals surface area contributed by atoms with Gasteiger partial charge < -0.3 is 4.74 Å². The fourth-order valence-electron chi connectivity index (χ4n) is 2.52. The fourth-order valence-corrected chi connectivity index (χ4v) is 4.08. The van der Waals surface area contributed by atoms with E-state index in [0.29, 0.717) is 18.4 Å². The molecule has 2 heterocycles. The highest BCUT2D eigenvalue weighted by Crippen LogP contribution is 2.25. The number of ether oxygens (including phenoxy) is 1. The number of rotatable bonds is 4. The second-order valence-electron chi connectivity index (χ2n) is 5.64. The van der Waals surface area contributed by atoms with Crippen LogP contribution >= 0.6 is 0 Å². The molecule has 1 aromatic carbocycles. The molecule has 1 aliphatic rings. The van der Waals surface area contributed by atoms with Crippen molar-refractivity contribution in [2.24, 2.45) is 0 Å². The van der Waals surface area contributed by atoms with E-state index in [4.69, 9.17) is 4.74 Å². The van der Waals surface area contributed by atoms with E-state index in [0.717, 1.165) is 22.0 Å². The zero-order valence-corrected chi connectivity index (χ0v) is 13.8. The Morgan fingerprint density at radius 2 is 2.04 bits per heavy atom. The molecule has 2 aromatic rings. The summed E-state index contributed by atoms with van der Waals surface area (Å²) >= 11 is 0. The van der Waals surface area contributed by atoms with Crippen LogP contribution in [0.5, 0.6) is 5.88 Å². The number of sulfonamides is 1. The largest absolute Gasteiger partial charge is 0.473 e. The van der Waals surface area contributed by atoms with Crippen molar-refractivity contribution in [1.29, 1.82) is 0 Å². The summed E-state index contributed by atoms with van der Waals surface area (Å²) < 4.78 is 58.8. The Balaban J connectivity index is 1.74. The Morgan fingerprint density at radius 1 is 1.25 bits per heavy atom. The van der Waals surface area contributed by atoms with Gasteiger partial charge in [-0.05, 0) is 37.1 Å². The molecule has 5 nitrogen and oxygen atoms in total. The van der Waals surface area contributed by atoms with Crippen LogP contribution in [0.25, 0.3) is 0 Å². The fraction of sp³-hybridized carbons (Fsp3) is 0.312. The highest BCUT2D eigenvalue weighted by Gasteiger charge is 2.35. The summed E-state index contributed by atoms with van der Waals surface area (Å²) in [4.78, 5) is 3.46. The minimum Gasteiger partial charge on any atom is -0.473 e. The van der Waals surface area contributed by atoms with Gasteiger partial charge in [0, 0.05) is 18.8 Å². The van der Waals surface area contributed by atoms with Crippen LogP contribution in [0.1, 0.15) is 12.0 Å². The normalized spacial score (nSPS) is 18.7. The smallest absolute Gasteiger partial charge is 0.246 e. The van der Waals surface area contributed by atoms with E-state index >= 15 is 0 Å². The summed E-state index contributed by atoms with van der Waals surface area (Å²) in [7, 11) is -4.11. The first-order chi connectivity index (χ1) is 11.4. The number of pyridine rings is 1. The van der Waals surface area contributed by atoms with Crippen LogP contribution in [0.3, 0.4) is 0 Å². The maximum atomic E-state index is 13.8. The van der Waals surface area contributed by atoms with Crippen molar-refractivity contribution in [1.82, 2.24) is 9.29 Å². The molecule has 1 unspecified atom stereocenters. The van der Waals surface area contributed by atoms with E-state index in [2.05, 4.69) is 4.98 Å². The minimum atomic E-state index is -4.11. The summed E-state index contributed by atoms with van der Waals surface area (Å²) in [6.45, 7) is 2.14. The van der Waals surface area contributed by atoms with Gasteiger partial charge in [-0.2, -0.15) is 4.31 Å². The van der Waals surface area contributed by atoms with Gasteiger partial charge >= 0.3 is 0 Å². The Bertz CT molecular complexity index is 841. The molecule has 1 fully saturated rings. The molecule has 1 atom stereocenters. The predicted octanol–water partition coefficient (Wildman–Crippen LogP) is 2.51. The molecule has 3 rings (SSSR count). The molecule has 0 bridgehead atoms. The third kappa shape index (κ3) is 3.39. The summed E-state index contributed by atoms with van der Waals surface area (Å²) in [5, 5.41) is 0. The second kappa shape index (κ2) is 6.45. The Labute approximate surface area is 138 Å². The van der Waals surface area contributed by atoms with Gasteiger partial charge in [0.25, 0.3) is 0 Å². The lowest BCUT2D eigenvalue weighted by Crippen LogP contribution is -2.31. The average Bonchev–Trinajstić information content (AvgIpc) is 3.01. The van der Waals surface area contributed by atoms with Crippen LogP contribution in [-0.2, 0) is 10.0 Å². The maximum absolute atomic E-state index is 13.8. The highest BCUT2D eigenvalue weighted by atomic mass is 32.2. The molecule has 0 N–H and O–H groups in total. The molecule has 0 spiro atoms. The summed E-state index contributed by atoms with van der Waals surface area (Å²) in [5.74, 6) is -1.37. The molecule has 1 aliphatic heterocycles. The monoisotopic (exact) mass is 354 g/mol. The zero-order chi connectivity index (χ0) is 17.3. The van der Waals surface area contributed by atoms with Crippen molar-refractivity contribution in [3.05, 3.63) is 53.7 Å². The Hall–Kier alpha value is -2.06. The Kier molecular flexibility index (Phi) is 4.51. The van der Waals surface area contributed by atoms with Gasteiger partial charge in [0.05, 0.1) is 6.54 Å². The molecule has 0 amide bonds. The molecule has 0 radical (unpaired) electrons. The van der Waals surface area contributed by atoms with E-state index in [1.807, 2.05) is 13.0 Å². The standard InChI is InChI=1S/C16H16F2N2O3S/c1-11-2-5-16(19-9-11)23-13-6-7-20(10-13)24(21,22)15-8-12(17)3-4-14(15)18/h2-5,8-9,13H,6-7,10H2,1H3. The van der Waals surface area contributed by atoms with E-state index in [9.17, 15) is 17.2 Å². The molecule has 24 heavy (non-hydrogen) atoms. The molecule has 0 saturated carbocycles. The lowest BCUT2D eigenvalue weighted by atomic mass is 10.3. The Morgan fingerprint density at radius 3 is 2.75 bits per heavy atom. The summed E-state index contributed by atoms with van der Waals surface area (Å²) in [6.07, 6.45) is 1.72. The van der Waals surface area contributed by atoms with Crippen molar-refractivity contribution < 1.29 is 21.9 Å². The van der Waals surface area contributed by atoms with E-state index in [1.54, 1.807) is 12.3 Å². The van der Waals surface area contributed by atoms with Crippen molar-refractivity contribution in [3.8, 4) is 5.88 Å². The number of hydrogen-bond acceptors (Lipinski definition) is 4. The first-order valence-corrected chi connectivity index (χ1v) is 8.85. The van der Waals surface area contributed by atoms with Crippen molar-refractivity contribution in [3.63, 3.8) is 0 Å². The molecular formula is C16H16F2N2O3S. The topological polar surface area (TPSA) is 59.5 Å². The van der Waals surface area contributed by atoms with Gasteiger partial charge in [-0.1, -0.05) is 6.07 Å². The molecular weight excluding hydrogens is 338 g/mol. The van der Waals surface area contributed by atoms with Gasteiger partial charge in [0.1, 0.15) is 22.6 Å². The number of hydrogen-bond donors (Lipinski definition) is 0. The molecule has 8 heteroatoms. The van der Waals surface area contributed by atoms with E-state index < -0.39 is 26.6 Å². The highest BCUT2D eigenvalue weighted by molar-refractivity contribution is 7.89. The third-order valence-corrected chi connectivity index (χ3v) is 5.67. The minimum absolute atomic E-state index is 0.0633. The predicted molar refractivity (Wildman–Crippen MR) is 83.1 cm³/mol. The van der Waals surface area contributed by atoms with Crippen LogP contribution in [0.15, 0.2) is 41.4 Å². The van der Waals surface area contributed by atoms with Gasteiger partial charge in [0.15, 0.2) is 0 Å². The van der Waals surface area contributed by atoms with Crippen LogP contribution in [0.4, 0.5) is 8.78 Å². The van der Waals surface area contributed by atoms with Gasteiger partial charge in [0.2, 0.25) is 15.9 Å². The number of benzene rings is 1. The number of aryl methyl sites for hydroxylation is 1.